The van der Waals surface area contributed by atoms with Crippen LogP contribution in [0.5, 0.6) is 0 Å². The Morgan fingerprint density at radius 3 is 2.66 bits per heavy atom. The minimum absolute atomic E-state index is 0.00354. The minimum Gasteiger partial charge on any atom is -0.365 e. The molecule has 156 valence electrons. The third-order valence-electron chi connectivity index (χ3n) is 5.04. The highest BCUT2D eigenvalue weighted by atomic mass is 19.1. The normalized spacial score (nSPS) is 12.9. The monoisotopic (exact) mass is 400 g/mol. The first-order chi connectivity index (χ1) is 13.7. The van der Waals surface area contributed by atoms with E-state index in [1.54, 1.807) is 10.6 Å². The van der Waals surface area contributed by atoms with E-state index >= 15 is 0 Å². The number of hydrogen-bond donors (Lipinski definition) is 2. The number of aromatic amines is 1. The minimum atomic E-state index is -0.439. The number of halogens is 1. The lowest BCUT2D eigenvalue weighted by molar-refractivity contribution is 0.343. The lowest BCUT2D eigenvalue weighted by atomic mass is 10.1. The molecule has 0 fully saturated rings. The summed E-state index contributed by atoms with van der Waals surface area (Å²) in [4.78, 5) is 26.8. The molecule has 0 radical (unpaired) electrons. The summed E-state index contributed by atoms with van der Waals surface area (Å²) < 4.78 is 15.9. The van der Waals surface area contributed by atoms with Gasteiger partial charge in [-0.25, -0.2) is 9.37 Å². The summed E-state index contributed by atoms with van der Waals surface area (Å²) in [5.41, 5.74) is 2.82. The van der Waals surface area contributed by atoms with Gasteiger partial charge in [0.15, 0.2) is 5.82 Å². The van der Waals surface area contributed by atoms with E-state index in [-0.39, 0.29) is 18.3 Å². The van der Waals surface area contributed by atoms with Crippen LogP contribution in [0.4, 0.5) is 10.1 Å². The Kier molecular flexibility index (Phi) is 6.02. The van der Waals surface area contributed by atoms with Crippen LogP contribution in [0.2, 0.25) is 0 Å². The van der Waals surface area contributed by atoms with Crippen LogP contribution in [0.25, 0.3) is 11.0 Å². The molecule has 7 nitrogen and oxygen atoms in total. The molecular formula is C21H29FN6O. The maximum absolute atomic E-state index is 14.3. The van der Waals surface area contributed by atoms with Crippen molar-refractivity contribution >= 4 is 16.7 Å². The van der Waals surface area contributed by atoms with Gasteiger partial charge in [0.2, 0.25) is 0 Å². The molecule has 3 aromatic heterocycles. The van der Waals surface area contributed by atoms with Gasteiger partial charge in [0.25, 0.3) is 5.56 Å². The fourth-order valence-corrected chi connectivity index (χ4v) is 3.16. The molecule has 1 atom stereocenters. The highest BCUT2D eigenvalue weighted by Gasteiger charge is 2.16. The topological polar surface area (TPSA) is 78.8 Å². The lowest BCUT2D eigenvalue weighted by Gasteiger charge is -2.22. The van der Waals surface area contributed by atoms with Crippen molar-refractivity contribution in [2.45, 2.75) is 46.8 Å². The van der Waals surface area contributed by atoms with E-state index < -0.39 is 5.82 Å². The summed E-state index contributed by atoms with van der Waals surface area (Å²) in [6, 6.07) is 3.68. The van der Waals surface area contributed by atoms with E-state index in [1.165, 1.54) is 6.20 Å². The number of nitrogens with one attached hydrogen (secondary N) is 2. The Labute approximate surface area is 170 Å². The number of rotatable bonds is 7. The number of aromatic nitrogens is 4. The molecule has 0 aliphatic carbocycles. The second-order valence-corrected chi connectivity index (χ2v) is 8.12. The van der Waals surface area contributed by atoms with Crippen LogP contribution >= 0.6 is 0 Å². The summed E-state index contributed by atoms with van der Waals surface area (Å²) in [7, 11) is 3.88. The first-order valence-corrected chi connectivity index (χ1v) is 9.82. The molecule has 0 amide bonds. The first kappa shape index (κ1) is 21.0. The Morgan fingerprint density at radius 2 is 2.00 bits per heavy atom. The Balaban J connectivity index is 1.99. The molecule has 0 bridgehead atoms. The Morgan fingerprint density at radius 1 is 1.28 bits per heavy atom. The zero-order valence-corrected chi connectivity index (χ0v) is 17.9. The smallest absolute Gasteiger partial charge is 0.274 e. The molecule has 0 spiro atoms. The molecule has 0 saturated heterocycles. The fourth-order valence-electron chi connectivity index (χ4n) is 3.16. The van der Waals surface area contributed by atoms with Crippen LogP contribution in [0.15, 0.2) is 23.1 Å². The molecule has 3 heterocycles. The average Bonchev–Trinajstić information content (AvgIpc) is 3.08. The molecular weight excluding hydrogens is 371 g/mol. The molecule has 0 aliphatic rings. The standard InChI is InChI=1S/C21H29FN6O/c1-12(2)9-17-20-19(15(22)10-23-17)25-18(26-20)11-28-13(3)7-8-16(21(28)29)24-14(4)27(5)6/h7-8,10,12,14,24H,9,11H2,1-6H3,(H,25,26). The molecule has 0 aromatic carbocycles. The lowest BCUT2D eigenvalue weighted by Crippen LogP contribution is -2.35. The molecule has 2 N–H and O–H groups in total. The molecule has 1 unspecified atom stereocenters. The Hall–Kier alpha value is -2.74. The fraction of sp³-hybridized carbons (Fsp3) is 0.476. The third-order valence-corrected chi connectivity index (χ3v) is 5.04. The van der Waals surface area contributed by atoms with Gasteiger partial charge in [0.1, 0.15) is 22.5 Å². The average molecular weight is 401 g/mol. The van der Waals surface area contributed by atoms with Crippen molar-refractivity contribution < 1.29 is 4.39 Å². The van der Waals surface area contributed by atoms with Gasteiger partial charge in [-0.1, -0.05) is 13.8 Å². The van der Waals surface area contributed by atoms with Gasteiger partial charge in [-0.05, 0) is 52.4 Å². The number of anilines is 1. The number of imidazole rings is 1. The first-order valence-electron chi connectivity index (χ1n) is 9.82. The van der Waals surface area contributed by atoms with Gasteiger partial charge in [0.05, 0.1) is 24.6 Å². The zero-order chi connectivity index (χ0) is 21.3. The van der Waals surface area contributed by atoms with E-state index in [0.717, 1.165) is 11.4 Å². The van der Waals surface area contributed by atoms with E-state index in [1.807, 2.05) is 38.9 Å². The highest BCUT2D eigenvalue weighted by molar-refractivity contribution is 5.77. The molecule has 3 aromatic rings. The van der Waals surface area contributed by atoms with E-state index in [4.69, 9.17) is 0 Å². The Bertz CT molecular complexity index is 1070. The van der Waals surface area contributed by atoms with Crippen molar-refractivity contribution in [3.63, 3.8) is 0 Å². The SMILES string of the molecule is Cc1ccc(NC(C)N(C)C)c(=O)n1Cc1nc2c(CC(C)C)ncc(F)c2[nH]1. The number of hydrogen-bond acceptors (Lipinski definition) is 5. The molecule has 8 heteroatoms. The molecule has 0 saturated carbocycles. The number of aryl methyl sites for hydroxylation is 1. The summed E-state index contributed by atoms with van der Waals surface area (Å²) in [6.07, 6.45) is 1.94. The molecule has 0 aliphatic heterocycles. The van der Waals surface area contributed by atoms with Gasteiger partial charge < -0.3 is 14.9 Å². The van der Waals surface area contributed by atoms with Gasteiger partial charge >= 0.3 is 0 Å². The second-order valence-electron chi connectivity index (χ2n) is 8.12. The molecule has 3 rings (SSSR count). The zero-order valence-electron chi connectivity index (χ0n) is 17.9. The highest BCUT2D eigenvalue weighted by Crippen LogP contribution is 2.21. The summed E-state index contributed by atoms with van der Waals surface area (Å²) in [5, 5.41) is 3.22. The van der Waals surface area contributed by atoms with Crippen LogP contribution in [0, 0.1) is 18.7 Å². The van der Waals surface area contributed by atoms with Crippen LogP contribution < -0.4 is 10.9 Å². The van der Waals surface area contributed by atoms with Gasteiger partial charge in [-0.2, -0.15) is 0 Å². The third kappa shape index (κ3) is 4.48. The number of H-pyrrole nitrogens is 1. The quantitative estimate of drug-likeness (QED) is 0.596. The van der Waals surface area contributed by atoms with Crippen molar-refractivity contribution in [3.05, 3.63) is 51.7 Å². The summed E-state index contributed by atoms with van der Waals surface area (Å²) >= 11 is 0. The van der Waals surface area contributed by atoms with E-state index in [2.05, 4.69) is 34.1 Å². The van der Waals surface area contributed by atoms with Crippen LogP contribution in [0.1, 0.15) is 38.0 Å². The number of pyridine rings is 2. The second kappa shape index (κ2) is 8.32. The van der Waals surface area contributed by atoms with E-state index in [9.17, 15) is 9.18 Å². The predicted octanol–water partition coefficient (Wildman–Crippen LogP) is 3.13. The number of nitrogens with zero attached hydrogens (tertiary/aromatic N) is 4. The van der Waals surface area contributed by atoms with Gasteiger partial charge in [0, 0.05) is 5.69 Å². The molecule has 29 heavy (non-hydrogen) atoms. The van der Waals surface area contributed by atoms with Crippen molar-refractivity contribution in [1.29, 1.82) is 0 Å². The van der Waals surface area contributed by atoms with Crippen LogP contribution in [0.3, 0.4) is 0 Å². The van der Waals surface area contributed by atoms with Crippen LogP contribution in [-0.4, -0.2) is 44.7 Å². The van der Waals surface area contributed by atoms with Gasteiger partial charge in [-0.15, -0.1) is 0 Å². The number of fused-ring (bicyclic) bond motifs is 1. The maximum Gasteiger partial charge on any atom is 0.274 e. The summed E-state index contributed by atoms with van der Waals surface area (Å²) in [6.45, 7) is 8.25. The van der Waals surface area contributed by atoms with Gasteiger partial charge in [-0.3, -0.25) is 14.7 Å². The van der Waals surface area contributed by atoms with Crippen molar-refractivity contribution in [1.82, 2.24) is 24.4 Å². The predicted molar refractivity (Wildman–Crippen MR) is 114 cm³/mol. The maximum atomic E-state index is 14.3. The van der Waals surface area contributed by atoms with E-state index in [0.29, 0.717) is 34.9 Å². The van der Waals surface area contributed by atoms with Crippen molar-refractivity contribution in [3.8, 4) is 0 Å². The summed E-state index contributed by atoms with van der Waals surface area (Å²) in [5.74, 6) is 0.466. The van der Waals surface area contributed by atoms with Crippen molar-refractivity contribution in [2.24, 2.45) is 5.92 Å². The van der Waals surface area contributed by atoms with Crippen LogP contribution in [-0.2, 0) is 13.0 Å². The largest absolute Gasteiger partial charge is 0.365 e. The van der Waals surface area contributed by atoms with Crippen molar-refractivity contribution in [2.75, 3.05) is 19.4 Å².